The molecule has 27 heavy (non-hydrogen) atoms. The van der Waals surface area contributed by atoms with Crippen LogP contribution in [0.5, 0.6) is 5.75 Å². The lowest BCUT2D eigenvalue weighted by Crippen LogP contribution is -2.10. The maximum absolute atomic E-state index is 10.3. The molecule has 0 aliphatic carbocycles. The molecule has 0 fully saturated rings. The summed E-state index contributed by atoms with van der Waals surface area (Å²) in [5.41, 5.74) is 6.22. The first kappa shape index (κ1) is 21.2. The van der Waals surface area contributed by atoms with Crippen molar-refractivity contribution in [3.63, 3.8) is 0 Å². The Balaban J connectivity index is 2.89. The van der Waals surface area contributed by atoms with Gasteiger partial charge in [0.05, 0.1) is 19.4 Å². The normalized spacial score (nSPS) is 11.7. The van der Waals surface area contributed by atoms with E-state index < -0.39 is 0 Å². The summed E-state index contributed by atoms with van der Waals surface area (Å²) >= 11 is 0. The number of unbranched alkanes of at least 4 members (excludes halogenated alkanes) is 1. The van der Waals surface area contributed by atoms with Gasteiger partial charge in [-0.15, -0.1) is 0 Å². The predicted molar refractivity (Wildman–Crippen MR) is 114 cm³/mol. The topological polar surface area (TPSA) is 42.4 Å². The summed E-state index contributed by atoms with van der Waals surface area (Å²) in [7, 11) is 1.68. The summed E-state index contributed by atoms with van der Waals surface area (Å²) in [5.74, 6) is 1.34. The van der Waals surface area contributed by atoms with Gasteiger partial charge in [0, 0.05) is 16.8 Å². The molecule has 0 radical (unpaired) electrons. The number of pyridine rings is 1. The van der Waals surface area contributed by atoms with Crippen LogP contribution in [0.2, 0.25) is 0 Å². The van der Waals surface area contributed by atoms with Gasteiger partial charge in [0.1, 0.15) is 5.75 Å². The first-order valence-corrected chi connectivity index (χ1v) is 9.92. The van der Waals surface area contributed by atoms with Crippen LogP contribution >= 0.6 is 0 Å². The number of benzene rings is 1. The van der Waals surface area contributed by atoms with Crippen molar-refractivity contribution in [3.8, 4) is 16.9 Å². The van der Waals surface area contributed by atoms with Gasteiger partial charge in [-0.25, -0.2) is 0 Å². The van der Waals surface area contributed by atoms with E-state index >= 15 is 0 Å². The van der Waals surface area contributed by atoms with Crippen LogP contribution in [0.15, 0.2) is 30.3 Å². The van der Waals surface area contributed by atoms with E-state index in [0.717, 1.165) is 52.2 Å². The lowest BCUT2D eigenvalue weighted by Gasteiger charge is -2.23. The van der Waals surface area contributed by atoms with Crippen LogP contribution in [0, 0.1) is 0 Å². The average molecular weight is 368 g/mol. The number of hydrogen-bond donors (Lipinski definition) is 1. The standard InChI is InChI=1S/C24H33NO2/c1-7-8-9-13-20-22(18-11-10-12-19(14-18)27-6)21(15-26)24(17(4)5)25-23(20)16(2)3/h9-14,16-17,26H,7-8,15H2,1-6H3. The minimum Gasteiger partial charge on any atom is -0.497 e. The van der Waals surface area contributed by atoms with Gasteiger partial charge in [-0.1, -0.05) is 65.3 Å². The minimum absolute atomic E-state index is 0.0277. The van der Waals surface area contributed by atoms with Crippen molar-refractivity contribution >= 4 is 6.08 Å². The fourth-order valence-corrected chi connectivity index (χ4v) is 3.40. The second kappa shape index (κ2) is 9.70. The highest BCUT2D eigenvalue weighted by Gasteiger charge is 2.22. The van der Waals surface area contributed by atoms with E-state index in [0.29, 0.717) is 5.92 Å². The number of hydrogen-bond acceptors (Lipinski definition) is 3. The largest absolute Gasteiger partial charge is 0.497 e. The van der Waals surface area contributed by atoms with Crippen molar-refractivity contribution in [2.45, 2.75) is 65.9 Å². The van der Waals surface area contributed by atoms with Crippen LogP contribution in [-0.2, 0) is 6.61 Å². The smallest absolute Gasteiger partial charge is 0.119 e. The van der Waals surface area contributed by atoms with Crippen molar-refractivity contribution in [1.29, 1.82) is 0 Å². The van der Waals surface area contributed by atoms with E-state index in [2.05, 4.69) is 52.8 Å². The third-order valence-corrected chi connectivity index (χ3v) is 4.75. The Hall–Kier alpha value is -2.13. The molecule has 1 N–H and O–H groups in total. The zero-order chi connectivity index (χ0) is 20.0. The zero-order valence-electron chi connectivity index (χ0n) is 17.5. The van der Waals surface area contributed by atoms with Crippen molar-refractivity contribution < 1.29 is 9.84 Å². The zero-order valence-corrected chi connectivity index (χ0v) is 17.5. The molecule has 0 spiro atoms. The van der Waals surface area contributed by atoms with E-state index in [-0.39, 0.29) is 12.5 Å². The fourth-order valence-electron chi connectivity index (χ4n) is 3.40. The molecular formula is C24H33NO2. The molecule has 0 saturated carbocycles. The number of aliphatic hydroxyl groups excluding tert-OH is 1. The van der Waals surface area contributed by atoms with Crippen molar-refractivity contribution in [3.05, 3.63) is 52.9 Å². The first-order chi connectivity index (χ1) is 12.9. The molecule has 1 aromatic carbocycles. The van der Waals surface area contributed by atoms with Gasteiger partial charge in [-0.05, 0) is 41.5 Å². The van der Waals surface area contributed by atoms with Gasteiger partial charge in [0.15, 0.2) is 0 Å². The quantitative estimate of drug-likeness (QED) is 0.594. The maximum Gasteiger partial charge on any atom is 0.119 e. The lowest BCUT2D eigenvalue weighted by molar-refractivity contribution is 0.280. The number of aromatic nitrogens is 1. The van der Waals surface area contributed by atoms with Crippen molar-refractivity contribution in [1.82, 2.24) is 4.98 Å². The van der Waals surface area contributed by atoms with E-state index in [4.69, 9.17) is 9.72 Å². The molecule has 1 heterocycles. The molecule has 0 aliphatic rings. The van der Waals surface area contributed by atoms with Crippen molar-refractivity contribution in [2.24, 2.45) is 0 Å². The molecule has 0 saturated heterocycles. The van der Waals surface area contributed by atoms with Gasteiger partial charge in [0.2, 0.25) is 0 Å². The van der Waals surface area contributed by atoms with Crippen molar-refractivity contribution in [2.75, 3.05) is 7.11 Å². The predicted octanol–water partition coefficient (Wildman–Crippen LogP) is 6.31. The molecule has 0 aliphatic heterocycles. The summed E-state index contributed by atoms with van der Waals surface area (Å²) in [5, 5.41) is 10.3. The van der Waals surface area contributed by atoms with Crippen LogP contribution in [0.1, 0.15) is 81.8 Å². The highest BCUT2D eigenvalue weighted by molar-refractivity contribution is 5.81. The van der Waals surface area contributed by atoms with Crippen LogP contribution in [0.3, 0.4) is 0 Å². The summed E-state index contributed by atoms with van der Waals surface area (Å²) < 4.78 is 5.45. The van der Waals surface area contributed by atoms with Crippen LogP contribution in [-0.4, -0.2) is 17.2 Å². The fraction of sp³-hybridized carbons (Fsp3) is 0.458. The summed E-state index contributed by atoms with van der Waals surface area (Å²) in [6, 6.07) is 8.07. The number of nitrogens with zero attached hydrogens (tertiary/aromatic N) is 1. The molecule has 0 amide bonds. The second-order valence-corrected chi connectivity index (χ2v) is 7.54. The second-order valence-electron chi connectivity index (χ2n) is 7.54. The molecule has 1 aromatic heterocycles. The Morgan fingerprint density at radius 3 is 2.37 bits per heavy atom. The SMILES string of the molecule is CCCC=Cc1c(C(C)C)nc(C(C)C)c(CO)c1-c1cccc(OC)c1. The first-order valence-electron chi connectivity index (χ1n) is 9.92. The van der Waals surface area contributed by atoms with Gasteiger partial charge in [-0.2, -0.15) is 0 Å². The Morgan fingerprint density at radius 2 is 1.81 bits per heavy atom. The maximum atomic E-state index is 10.3. The van der Waals surface area contributed by atoms with Crippen LogP contribution in [0.4, 0.5) is 0 Å². The van der Waals surface area contributed by atoms with E-state index in [1.807, 2.05) is 18.2 Å². The minimum atomic E-state index is -0.0277. The van der Waals surface area contributed by atoms with Crippen LogP contribution < -0.4 is 4.74 Å². The van der Waals surface area contributed by atoms with Gasteiger partial charge in [0.25, 0.3) is 0 Å². The summed E-state index contributed by atoms with van der Waals surface area (Å²) in [6.45, 7) is 10.8. The monoisotopic (exact) mass is 367 g/mol. The number of aliphatic hydroxyl groups is 1. The Kier molecular flexibility index (Phi) is 7.61. The molecule has 0 unspecified atom stereocenters. The van der Waals surface area contributed by atoms with E-state index in [1.54, 1.807) is 7.11 Å². The summed E-state index contributed by atoms with van der Waals surface area (Å²) in [4.78, 5) is 5.01. The third-order valence-electron chi connectivity index (χ3n) is 4.75. The number of rotatable bonds is 8. The third kappa shape index (κ3) is 4.78. The average Bonchev–Trinajstić information content (AvgIpc) is 2.66. The highest BCUT2D eigenvalue weighted by Crippen LogP contribution is 2.38. The summed E-state index contributed by atoms with van der Waals surface area (Å²) in [6.07, 6.45) is 6.52. The molecule has 146 valence electrons. The van der Waals surface area contributed by atoms with E-state index in [9.17, 15) is 5.11 Å². The molecule has 0 bridgehead atoms. The van der Waals surface area contributed by atoms with Gasteiger partial charge in [-0.3, -0.25) is 4.98 Å². The number of methoxy groups -OCH3 is 1. The Bertz CT molecular complexity index is 791. The molecule has 2 rings (SSSR count). The van der Waals surface area contributed by atoms with E-state index in [1.165, 1.54) is 0 Å². The molecule has 3 heteroatoms. The number of ether oxygens (including phenoxy) is 1. The number of allylic oxidation sites excluding steroid dienone is 1. The molecular weight excluding hydrogens is 334 g/mol. The molecule has 0 atom stereocenters. The van der Waals surface area contributed by atoms with Gasteiger partial charge >= 0.3 is 0 Å². The highest BCUT2D eigenvalue weighted by atomic mass is 16.5. The van der Waals surface area contributed by atoms with Gasteiger partial charge < -0.3 is 9.84 Å². The molecule has 3 nitrogen and oxygen atoms in total. The van der Waals surface area contributed by atoms with Crippen LogP contribution in [0.25, 0.3) is 17.2 Å². The Morgan fingerprint density at radius 1 is 1.11 bits per heavy atom. The Labute approximate surface area is 164 Å². The molecule has 2 aromatic rings. The lowest BCUT2D eigenvalue weighted by atomic mass is 9.87.